The maximum atomic E-state index is 13.6. The topological polar surface area (TPSA) is 187 Å². The van der Waals surface area contributed by atoms with Gasteiger partial charge in [-0.15, -0.1) is 6.58 Å². The van der Waals surface area contributed by atoms with Gasteiger partial charge in [0, 0.05) is 38.3 Å². The van der Waals surface area contributed by atoms with Crippen molar-refractivity contribution in [2.45, 2.75) is 64.6 Å². The lowest BCUT2D eigenvalue weighted by Gasteiger charge is -2.32. The van der Waals surface area contributed by atoms with Crippen molar-refractivity contribution in [3.05, 3.63) is 71.1 Å². The van der Waals surface area contributed by atoms with E-state index in [1.165, 1.54) is 39.4 Å². The number of ketones is 2. The van der Waals surface area contributed by atoms with E-state index in [2.05, 4.69) is 17.2 Å². The summed E-state index contributed by atoms with van der Waals surface area (Å²) in [6.07, 6.45) is 2.66. The number of allylic oxidation sites excluding steroid dienone is 4. The van der Waals surface area contributed by atoms with Crippen molar-refractivity contribution < 1.29 is 43.6 Å². The number of carbonyl (C=O) groups excluding carboxylic acids is 4. The maximum Gasteiger partial charge on any atom is 0.405 e. The van der Waals surface area contributed by atoms with Crippen molar-refractivity contribution in [1.82, 2.24) is 10.6 Å². The minimum Gasteiger partial charge on any atom is -0.439 e. The molecule has 1 heterocycles. The molecule has 2 aliphatic rings. The van der Waals surface area contributed by atoms with Crippen LogP contribution in [0.1, 0.15) is 34.1 Å². The predicted octanol–water partition coefficient (Wildman–Crippen LogP) is 1.51. The van der Waals surface area contributed by atoms with Gasteiger partial charge >= 0.3 is 6.09 Å². The summed E-state index contributed by atoms with van der Waals surface area (Å²) in [6.45, 7) is 10.4. The Morgan fingerprint density at radius 2 is 1.86 bits per heavy atom. The number of fused-ring (bicyclic) bond motifs is 2. The third-order valence-electron chi connectivity index (χ3n) is 7.41. The number of rotatable bonds is 6. The first-order valence-electron chi connectivity index (χ1n) is 13.9. The average molecular weight is 602 g/mol. The molecule has 236 valence electrons. The Balaban J connectivity index is 2.68. The Morgan fingerprint density at radius 3 is 2.44 bits per heavy atom. The molecule has 0 spiro atoms. The van der Waals surface area contributed by atoms with Crippen molar-refractivity contribution >= 4 is 23.6 Å². The van der Waals surface area contributed by atoms with E-state index in [1.807, 2.05) is 0 Å². The van der Waals surface area contributed by atoms with Crippen LogP contribution in [0.2, 0.25) is 0 Å². The number of aliphatic hydroxyl groups excluding tert-OH is 2. The maximum absolute atomic E-state index is 13.6. The molecule has 2 rings (SSSR count). The standard InChI is InChI=1S/C31H43N3O9/c1-8-12-33-25-21(35)15-20-28(38)24(25)27(37)18(4)14-23(42-7)26(36)17(3)13-19(5)29(43-31(32)40)22(41-6)11-9-10-16(2)30(39)34-20/h8-11,13,15,17-18,22-23,26-27,29,33,36-37H,1,12,14H2,2-7H3,(H2,32,40)(H,34,39)/b11-9-,16-10+,19-13+/t17-,18-,22-,23-,26+,27?,29-/m0/s1. The zero-order valence-corrected chi connectivity index (χ0v) is 25.5. The van der Waals surface area contributed by atoms with E-state index in [9.17, 15) is 29.4 Å². The van der Waals surface area contributed by atoms with Crippen LogP contribution in [0.4, 0.5) is 4.79 Å². The van der Waals surface area contributed by atoms with Crippen molar-refractivity contribution in [2.24, 2.45) is 17.6 Å². The summed E-state index contributed by atoms with van der Waals surface area (Å²) in [5, 5.41) is 27.9. The quantitative estimate of drug-likeness (QED) is 0.221. The second-order valence-corrected chi connectivity index (χ2v) is 10.6. The number of amides is 2. The summed E-state index contributed by atoms with van der Waals surface area (Å²) in [6, 6.07) is 0. The molecule has 7 atom stereocenters. The van der Waals surface area contributed by atoms with E-state index in [1.54, 1.807) is 32.9 Å². The van der Waals surface area contributed by atoms with E-state index in [4.69, 9.17) is 19.9 Å². The molecular weight excluding hydrogens is 558 g/mol. The molecule has 0 aromatic rings. The number of nitrogens with one attached hydrogen (secondary N) is 2. The second kappa shape index (κ2) is 16.1. The lowest BCUT2D eigenvalue weighted by Crippen LogP contribution is -2.42. The molecular formula is C31H43N3O9. The number of nitrogens with two attached hydrogens (primary N) is 1. The van der Waals surface area contributed by atoms with Crippen molar-refractivity contribution in [2.75, 3.05) is 20.8 Å². The van der Waals surface area contributed by atoms with E-state index in [-0.39, 0.29) is 35.5 Å². The minimum absolute atomic E-state index is 0.0909. The van der Waals surface area contributed by atoms with Gasteiger partial charge < -0.3 is 40.8 Å². The highest BCUT2D eigenvalue weighted by Crippen LogP contribution is 2.29. The third-order valence-corrected chi connectivity index (χ3v) is 7.41. The normalized spacial score (nSPS) is 32.9. The average Bonchev–Trinajstić information content (AvgIpc) is 2.96. The molecule has 2 bridgehead atoms. The van der Waals surface area contributed by atoms with Gasteiger partial charge in [-0.1, -0.05) is 44.2 Å². The summed E-state index contributed by atoms with van der Waals surface area (Å²) < 4.78 is 16.5. The van der Waals surface area contributed by atoms with Crippen LogP contribution in [0.15, 0.2) is 71.1 Å². The number of hydrogen-bond acceptors (Lipinski definition) is 10. The van der Waals surface area contributed by atoms with Gasteiger partial charge in [-0.05, 0) is 31.8 Å². The minimum atomic E-state index is -1.46. The van der Waals surface area contributed by atoms with Gasteiger partial charge in [0.15, 0.2) is 6.10 Å². The molecule has 43 heavy (non-hydrogen) atoms. The number of aliphatic hydroxyl groups is 2. The van der Waals surface area contributed by atoms with Crippen LogP contribution in [0, 0.1) is 11.8 Å². The highest BCUT2D eigenvalue weighted by molar-refractivity contribution is 6.24. The second-order valence-electron chi connectivity index (χ2n) is 10.6. The Kier molecular flexibility index (Phi) is 13.3. The van der Waals surface area contributed by atoms with Crippen LogP contribution in [0.3, 0.4) is 0 Å². The fraction of sp³-hybridized carbons (Fsp3) is 0.484. The summed E-state index contributed by atoms with van der Waals surface area (Å²) in [5.74, 6) is -3.21. The van der Waals surface area contributed by atoms with E-state index in [0.717, 1.165) is 6.08 Å². The largest absolute Gasteiger partial charge is 0.439 e. The molecule has 0 saturated heterocycles. The zero-order chi connectivity index (χ0) is 32.4. The Bertz CT molecular complexity index is 1250. The van der Waals surface area contributed by atoms with Crippen LogP contribution < -0.4 is 16.4 Å². The summed E-state index contributed by atoms with van der Waals surface area (Å²) >= 11 is 0. The molecule has 0 radical (unpaired) electrons. The molecule has 0 fully saturated rings. The van der Waals surface area contributed by atoms with Gasteiger partial charge in [0.2, 0.25) is 11.6 Å². The van der Waals surface area contributed by atoms with Crippen molar-refractivity contribution in [1.29, 1.82) is 0 Å². The van der Waals surface area contributed by atoms with Crippen molar-refractivity contribution in [3.8, 4) is 0 Å². The summed E-state index contributed by atoms with van der Waals surface area (Å²) in [4.78, 5) is 51.4. The number of hydrogen-bond donors (Lipinski definition) is 5. The number of methoxy groups -OCH3 is 2. The smallest absolute Gasteiger partial charge is 0.405 e. The van der Waals surface area contributed by atoms with E-state index < -0.39 is 65.9 Å². The number of ether oxygens (including phenoxy) is 3. The molecule has 2 amide bonds. The van der Waals surface area contributed by atoms with Gasteiger partial charge in [0.25, 0.3) is 5.91 Å². The predicted molar refractivity (Wildman–Crippen MR) is 159 cm³/mol. The van der Waals surface area contributed by atoms with Crippen molar-refractivity contribution in [3.63, 3.8) is 0 Å². The van der Waals surface area contributed by atoms with Gasteiger partial charge in [0.1, 0.15) is 6.10 Å². The first-order chi connectivity index (χ1) is 20.3. The number of Topliss-reactive ketones (excluding diaryl/α,β-unsaturated/α-hetero) is 1. The zero-order valence-electron chi connectivity index (χ0n) is 25.5. The van der Waals surface area contributed by atoms with E-state index in [0.29, 0.717) is 5.57 Å². The molecule has 0 aromatic heterocycles. The van der Waals surface area contributed by atoms with Gasteiger partial charge in [-0.2, -0.15) is 0 Å². The monoisotopic (exact) mass is 601 g/mol. The summed E-state index contributed by atoms with van der Waals surface area (Å²) in [7, 11) is 2.82. The number of primary amides is 1. The summed E-state index contributed by atoms with van der Waals surface area (Å²) in [5.41, 5.74) is 5.44. The van der Waals surface area contributed by atoms with Crippen LogP contribution in [-0.4, -0.2) is 85.1 Å². The van der Waals surface area contributed by atoms with Crippen LogP contribution in [-0.2, 0) is 28.6 Å². The lowest BCUT2D eigenvalue weighted by molar-refractivity contribution is -0.120. The molecule has 12 nitrogen and oxygen atoms in total. The molecule has 1 aliphatic carbocycles. The first-order valence-corrected chi connectivity index (χ1v) is 13.9. The fourth-order valence-corrected chi connectivity index (χ4v) is 4.95. The molecule has 12 heteroatoms. The third kappa shape index (κ3) is 9.07. The Hall–Kier alpha value is -3.84. The van der Waals surface area contributed by atoms with Crippen LogP contribution in [0.25, 0.3) is 0 Å². The van der Waals surface area contributed by atoms with Gasteiger partial charge in [-0.25, -0.2) is 4.79 Å². The molecule has 0 saturated carbocycles. The van der Waals surface area contributed by atoms with Crippen LogP contribution >= 0.6 is 0 Å². The van der Waals surface area contributed by atoms with E-state index >= 15 is 0 Å². The fourth-order valence-electron chi connectivity index (χ4n) is 4.95. The number of carbonyl (C=O) groups is 4. The Morgan fingerprint density at radius 1 is 1.19 bits per heavy atom. The molecule has 0 aromatic carbocycles. The van der Waals surface area contributed by atoms with Gasteiger partial charge in [-0.3, -0.25) is 14.4 Å². The molecule has 1 unspecified atom stereocenters. The first kappa shape index (κ1) is 35.4. The molecule has 1 aliphatic heterocycles. The SMILES string of the molecule is C=CCNC1=C2C(=O)C(=CC1=O)NC(=O)/C(C)=C/C=C\[C@H](OC)[C@@H](OC(N)=O)/C(C)=C/[C@H](C)[C@@H](O)[C@@H](OC)C[C@H](C)C2O. The van der Waals surface area contributed by atoms with Crippen LogP contribution in [0.5, 0.6) is 0 Å². The Labute approximate surface area is 252 Å². The van der Waals surface area contributed by atoms with Gasteiger partial charge in [0.05, 0.1) is 35.3 Å². The lowest BCUT2D eigenvalue weighted by atomic mass is 9.83. The highest BCUT2D eigenvalue weighted by atomic mass is 16.6. The highest BCUT2D eigenvalue weighted by Gasteiger charge is 2.38. The molecule has 6 N–H and O–H groups in total.